The third kappa shape index (κ3) is 5.03. The number of hydrogen-bond donors (Lipinski definition) is 1. The SMILES string of the molecule is Cc1nc2c(cnn2-c2ccccc2)c(=O)n1CCC(=O)Nc1ccc(OC(F)(F)F)cc1. The Balaban J connectivity index is 1.46. The number of hydrogen-bond acceptors (Lipinski definition) is 5. The van der Waals surface area contributed by atoms with E-state index in [-0.39, 0.29) is 18.5 Å². The number of anilines is 1. The monoisotopic (exact) mass is 457 g/mol. The highest BCUT2D eigenvalue weighted by Crippen LogP contribution is 2.24. The second-order valence-electron chi connectivity index (χ2n) is 7.12. The van der Waals surface area contributed by atoms with Gasteiger partial charge in [-0.1, -0.05) is 18.2 Å². The van der Waals surface area contributed by atoms with Gasteiger partial charge < -0.3 is 10.1 Å². The quantitative estimate of drug-likeness (QED) is 0.475. The molecule has 0 fully saturated rings. The smallest absolute Gasteiger partial charge is 0.406 e. The van der Waals surface area contributed by atoms with E-state index in [1.807, 2.05) is 30.3 Å². The molecule has 2 heterocycles. The van der Waals surface area contributed by atoms with Crippen LogP contribution in [-0.4, -0.2) is 31.6 Å². The maximum atomic E-state index is 12.9. The summed E-state index contributed by atoms with van der Waals surface area (Å²) in [4.78, 5) is 29.7. The van der Waals surface area contributed by atoms with Crippen molar-refractivity contribution in [2.24, 2.45) is 0 Å². The van der Waals surface area contributed by atoms with Gasteiger partial charge in [0.1, 0.15) is 17.0 Å². The fourth-order valence-electron chi connectivity index (χ4n) is 3.30. The Morgan fingerprint density at radius 2 is 1.79 bits per heavy atom. The molecule has 170 valence electrons. The maximum Gasteiger partial charge on any atom is 0.573 e. The minimum atomic E-state index is -4.79. The highest BCUT2D eigenvalue weighted by Gasteiger charge is 2.31. The van der Waals surface area contributed by atoms with Gasteiger partial charge in [0.05, 0.1) is 11.9 Å². The number of carbonyl (C=O) groups excluding carboxylic acids is 1. The predicted octanol–water partition coefficient (Wildman–Crippen LogP) is 3.82. The lowest BCUT2D eigenvalue weighted by Gasteiger charge is -2.11. The van der Waals surface area contributed by atoms with Gasteiger partial charge >= 0.3 is 6.36 Å². The number of ether oxygens (including phenoxy) is 1. The van der Waals surface area contributed by atoms with Crippen LogP contribution in [0.1, 0.15) is 12.2 Å². The molecule has 0 bridgehead atoms. The summed E-state index contributed by atoms with van der Waals surface area (Å²) in [5.41, 5.74) is 1.17. The first kappa shape index (κ1) is 22.1. The largest absolute Gasteiger partial charge is 0.573 e. The molecule has 1 N–H and O–H groups in total. The van der Waals surface area contributed by atoms with Crippen molar-refractivity contribution in [2.45, 2.75) is 26.3 Å². The normalized spacial score (nSPS) is 11.5. The molecule has 4 aromatic rings. The van der Waals surface area contributed by atoms with Crippen molar-refractivity contribution in [1.29, 1.82) is 0 Å². The molecular weight excluding hydrogens is 439 g/mol. The molecule has 2 aromatic carbocycles. The Labute approximate surface area is 185 Å². The Morgan fingerprint density at radius 1 is 1.09 bits per heavy atom. The van der Waals surface area contributed by atoms with E-state index in [1.165, 1.54) is 22.9 Å². The van der Waals surface area contributed by atoms with Crippen molar-refractivity contribution < 1.29 is 22.7 Å². The van der Waals surface area contributed by atoms with Gasteiger partial charge in [0.2, 0.25) is 5.91 Å². The van der Waals surface area contributed by atoms with Crippen molar-refractivity contribution in [1.82, 2.24) is 19.3 Å². The van der Waals surface area contributed by atoms with E-state index in [0.29, 0.717) is 22.5 Å². The first-order chi connectivity index (χ1) is 15.7. The molecule has 8 nitrogen and oxygen atoms in total. The average Bonchev–Trinajstić information content (AvgIpc) is 3.18. The highest BCUT2D eigenvalue weighted by molar-refractivity contribution is 5.90. The van der Waals surface area contributed by atoms with E-state index in [4.69, 9.17) is 0 Å². The summed E-state index contributed by atoms with van der Waals surface area (Å²) in [7, 11) is 0. The molecule has 33 heavy (non-hydrogen) atoms. The van der Waals surface area contributed by atoms with Crippen LogP contribution >= 0.6 is 0 Å². The number of amides is 1. The summed E-state index contributed by atoms with van der Waals surface area (Å²) in [5.74, 6) is -0.379. The molecule has 0 unspecified atom stereocenters. The van der Waals surface area contributed by atoms with Crippen LogP contribution in [0.5, 0.6) is 5.75 Å². The van der Waals surface area contributed by atoms with Crippen LogP contribution in [0.25, 0.3) is 16.7 Å². The Bertz CT molecular complexity index is 1350. The molecule has 2 aromatic heterocycles. The van der Waals surface area contributed by atoms with Crippen LogP contribution in [0, 0.1) is 6.92 Å². The van der Waals surface area contributed by atoms with Gasteiger partial charge in [-0.2, -0.15) is 5.10 Å². The summed E-state index contributed by atoms with van der Waals surface area (Å²) in [6.07, 6.45) is -3.39. The first-order valence-corrected chi connectivity index (χ1v) is 9.87. The van der Waals surface area contributed by atoms with Crippen LogP contribution in [0.2, 0.25) is 0 Å². The molecule has 0 saturated heterocycles. The number of para-hydroxylation sites is 1. The minimum absolute atomic E-state index is 0.0401. The number of aryl methyl sites for hydroxylation is 1. The lowest BCUT2D eigenvalue weighted by molar-refractivity contribution is -0.274. The van der Waals surface area contributed by atoms with E-state index >= 15 is 0 Å². The molecule has 0 aliphatic carbocycles. The molecule has 0 radical (unpaired) electrons. The summed E-state index contributed by atoms with van der Waals surface area (Å²) in [5, 5.41) is 7.17. The standard InChI is InChI=1S/C22H18F3N5O3/c1-14-27-20-18(13-26-30(20)16-5-3-2-4-6-16)21(32)29(14)12-11-19(31)28-15-7-9-17(10-8-15)33-22(23,24)25/h2-10,13H,11-12H2,1H3,(H,28,31). The number of nitrogens with zero attached hydrogens (tertiary/aromatic N) is 4. The van der Waals surface area contributed by atoms with Gasteiger partial charge in [0, 0.05) is 18.7 Å². The Kier molecular flexibility index (Phi) is 5.86. The molecule has 0 aliphatic heterocycles. The van der Waals surface area contributed by atoms with E-state index in [0.717, 1.165) is 17.8 Å². The van der Waals surface area contributed by atoms with Gasteiger partial charge in [0.15, 0.2) is 5.65 Å². The lowest BCUT2D eigenvalue weighted by atomic mass is 10.3. The number of alkyl halides is 3. The van der Waals surface area contributed by atoms with E-state index in [1.54, 1.807) is 11.6 Å². The second-order valence-corrected chi connectivity index (χ2v) is 7.12. The average molecular weight is 457 g/mol. The molecule has 4 rings (SSSR count). The first-order valence-electron chi connectivity index (χ1n) is 9.87. The summed E-state index contributed by atoms with van der Waals surface area (Å²) in [6, 6.07) is 14.1. The van der Waals surface area contributed by atoms with E-state index < -0.39 is 18.0 Å². The minimum Gasteiger partial charge on any atom is -0.406 e. The molecule has 0 spiro atoms. The van der Waals surface area contributed by atoms with Crippen LogP contribution in [-0.2, 0) is 11.3 Å². The van der Waals surface area contributed by atoms with Gasteiger partial charge in [-0.15, -0.1) is 13.2 Å². The van der Waals surface area contributed by atoms with Crippen LogP contribution in [0.4, 0.5) is 18.9 Å². The van der Waals surface area contributed by atoms with E-state index in [9.17, 15) is 22.8 Å². The number of aromatic nitrogens is 4. The van der Waals surface area contributed by atoms with Crippen LogP contribution < -0.4 is 15.6 Å². The molecule has 0 saturated carbocycles. The maximum absolute atomic E-state index is 12.9. The summed E-state index contributed by atoms with van der Waals surface area (Å²) >= 11 is 0. The number of halogens is 3. The fourth-order valence-corrected chi connectivity index (χ4v) is 3.30. The van der Waals surface area contributed by atoms with Crippen molar-refractivity contribution in [3.63, 3.8) is 0 Å². The van der Waals surface area contributed by atoms with Crippen LogP contribution in [0.3, 0.4) is 0 Å². The van der Waals surface area contributed by atoms with Gasteiger partial charge in [-0.25, -0.2) is 9.67 Å². The number of carbonyl (C=O) groups is 1. The Morgan fingerprint density at radius 3 is 2.45 bits per heavy atom. The number of rotatable bonds is 6. The van der Waals surface area contributed by atoms with Crippen molar-refractivity contribution in [3.05, 3.63) is 77.0 Å². The predicted molar refractivity (Wildman–Crippen MR) is 114 cm³/mol. The molecular formula is C22H18F3N5O3. The zero-order chi connectivity index (χ0) is 23.6. The van der Waals surface area contributed by atoms with Crippen molar-refractivity contribution in [2.75, 3.05) is 5.32 Å². The van der Waals surface area contributed by atoms with Gasteiger partial charge in [-0.3, -0.25) is 14.2 Å². The number of fused-ring (bicyclic) bond motifs is 1. The van der Waals surface area contributed by atoms with Crippen molar-refractivity contribution in [3.8, 4) is 11.4 Å². The summed E-state index contributed by atoms with van der Waals surface area (Å²) in [6.45, 7) is 1.74. The zero-order valence-electron chi connectivity index (χ0n) is 17.3. The zero-order valence-corrected chi connectivity index (χ0v) is 17.3. The van der Waals surface area contributed by atoms with Crippen LogP contribution in [0.15, 0.2) is 65.6 Å². The van der Waals surface area contributed by atoms with E-state index in [2.05, 4.69) is 20.1 Å². The molecule has 1 amide bonds. The Hall–Kier alpha value is -4.15. The molecule has 11 heteroatoms. The topological polar surface area (TPSA) is 91.0 Å². The summed E-state index contributed by atoms with van der Waals surface area (Å²) < 4.78 is 43.5. The van der Waals surface area contributed by atoms with Gasteiger partial charge in [-0.05, 0) is 43.3 Å². The molecule has 0 atom stereocenters. The second kappa shape index (κ2) is 8.77. The lowest BCUT2D eigenvalue weighted by Crippen LogP contribution is -2.26. The fraction of sp³-hybridized carbons (Fsp3) is 0.182. The van der Waals surface area contributed by atoms with Gasteiger partial charge in [0.25, 0.3) is 5.56 Å². The van der Waals surface area contributed by atoms with Crippen molar-refractivity contribution >= 4 is 22.6 Å². The highest BCUT2D eigenvalue weighted by atomic mass is 19.4. The number of nitrogens with one attached hydrogen (secondary N) is 1. The number of benzene rings is 2. The molecule has 0 aliphatic rings. The third-order valence-electron chi connectivity index (χ3n) is 4.81. The third-order valence-corrected chi connectivity index (χ3v) is 4.81.